The molecular weight excluding hydrogens is 280 g/mol. The van der Waals surface area contributed by atoms with Crippen LogP contribution in [-0.4, -0.2) is 27.4 Å². The molecule has 1 aliphatic carbocycles. The second kappa shape index (κ2) is 6.56. The Morgan fingerprint density at radius 1 is 1.65 bits per heavy atom. The van der Waals surface area contributed by atoms with Gasteiger partial charge < -0.3 is 10.2 Å². The highest BCUT2D eigenvalue weighted by atomic mass is 35.5. The molecule has 0 radical (unpaired) electrons. The Bertz CT molecular complexity index is 500. The van der Waals surface area contributed by atoms with Crippen LogP contribution in [-0.2, 0) is 6.54 Å². The molecule has 0 bridgehead atoms. The van der Waals surface area contributed by atoms with Crippen LogP contribution in [0.25, 0.3) is 0 Å². The first-order valence-corrected chi connectivity index (χ1v) is 6.93. The van der Waals surface area contributed by atoms with Crippen LogP contribution in [0.2, 0.25) is 5.15 Å². The highest BCUT2D eigenvalue weighted by molar-refractivity contribution is 6.29. The van der Waals surface area contributed by atoms with Gasteiger partial charge in [-0.15, -0.1) is 0 Å². The summed E-state index contributed by atoms with van der Waals surface area (Å²) in [4.78, 5) is 16.3. The van der Waals surface area contributed by atoms with Crippen molar-refractivity contribution in [2.24, 2.45) is 0 Å². The monoisotopic (exact) mass is 296 g/mol. The molecular formula is C13H17ClN4O2. The molecule has 1 aromatic rings. The largest absolute Gasteiger partial charge is 0.364 e. The number of aromatic nitrogens is 1. The van der Waals surface area contributed by atoms with Gasteiger partial charge in [0.15, 0.2) is 5.82 Å². The van der Waals surface area contributed by atoms with Crippen molar-refractivity contribution in [3.8, 4) is 0 Å². The quantitative estimate of drug-likeness (QED) is 0.475. The smallest absolute Gasteiger partial charge is 0.274 e. The van der Waals surface area contributed by atoms with Crippen LogP contribution < -0.4 is 5.32 Å². The zero-order valence-corrected chi connectivity index (χ0v) is 12.0. The molecule has 0 atom stereocenters. The highest BCUT2D eigenvalue weighted by Gasteiger charge is 2.25. The lowest BCUT2D eigenvalue weighted by atomic mass is 10.2. The molecule has 1 heterocycles. The Balaban J connectivity index is 2.10. The maximum Gasteiger partial charge on any atom is 0.274 e. The van der Waals surface area contributed by atoms with E-state index in [1.165, 1.54) is 0 Å². The molecule has 0 aromatic carbocycles. The second-order valence-corrected chi connectivity index (χ2v) is 5.11. The van der Waals surface area contributed by atoms with Crippen molar-refractivity contribution in [1.82, 2.24) is 15.2 Å². The minimum Gasteiger partial charge on any atom is -0.364 e. The Kier molecular flexibility index (Phi) is 4.79. The van der Waals surface area contributed by atoms with Gasteiger partial charge in [-0.2, -0.15) is 0 Å². The van der Waals surface area contributed by atoms with E-state index in [9.17, 15) is 10.1 Å². The predicted molar refractivity (Wildman–Crippen MR) is 76.6 cm³/mol. The van der Waals surface area contributed by atoms with Crippen LogP contribution in [0.3, 0.4) is 0 Å². The van der Waals surface area contributed by atoms with Crippen LogP contribution in [0.4, 0.5) is 0 Å². The molecule has 1 aliphatic rings. The summed E-state index contributed by atoms with van der Waals surface area (Å²) in [6.07, 6.45) is 4.85. The minimum atomic E-state index is -0.423. The van der Waals surface area contributed by atoms with Gasteiger partial charge in [-0.1, -0.05) is 17.7 Å². The molecule has 20 heavy (non-hydrogen) atoms. The zero-order chi connectivity index (χ0) is 14.5. The van der Waals surface area contributed by atoms with E-state index in [0.717, 1.165) is 24.6 Å². The summed E-state index contributed by atoms with van der Waals surface area (Å²) in [6, 6.07) is 3.95. The first-order chi connectivity index (χ1) is 9.58. The SMILES string of the molecule is CCN(Cc1ccc(Cl)nc1)/C(=C/[N+](=O)[O-])NC1CC1. The molecule has 2 rings (SSSR count). The molecule has 108 valence electrons. The number of rotatable bonds is 7. The zero-order valence-electron chi connectivity index (χ0n) is 11.3. The van der Waals surface area contributed by atoms with Crippen LogP contribution in [0.5, 0.6) is 0 Å². The number of pyridine rings is 1. The maximum atomic E-state index is 10.8. The number of nitro groups is 1. The normalized spacial score (nSPS) is 15.0. The van der Waals surface area contributed by atoms with E-state index >= 15 is 0 Å². The molecule has 0 unspecified atom stereocenters. The van der Waals surface area contributed by atoms with Gasteiger partial charge in [-0.25, -0.2) is 4.98 Å². The Labute approximate surface area is 122 Å². The maximum absolute atomic E-state index is 10.8. The fourth-order valence-electron chi connectivity index (χ4n) is 1.83. The fourth-order valence-corrected chi connectivity index (χ4v) is 1.95. The predicted octanol–water partition coefficient (Wildman–Crippen LogP) is 2.38. The third-order valence-electron chi connectivity index (χ3n) is 3.04. The number of hydrogen-bond acceptors (Lipinski definition) is 5. The molecule has 1 N–H and O–H groups in total. The second-order valence-electron chi connectivity index (χ2n) is 4.72. The summed E-state index contributed by atoms with van der Waals surface area (Å²) in [5, 5.41) is 14.4. The lowest BCUT2D eigenvalue weighted by Gasteiger charge is -2.25. The minimum absolute atomic E-state index is 0.360. The van der Waals surface area contributed by atoms with Crippen molar-refractivity contribution in [2.75, 3.05) is 6.54 Å². The Morgan fingerprint density at radius 3 is 2.90 bits per heavy atom. The fraction of sp³-hybridized carbons (Fsp3) is 0.462. The van der Waals surface area contributed by atoms with Crippen LogP contribution in [0, 0.1) is 10.1 Å². The van der Waals surface area contributed by atoms with E-state index in [0.29, 0.717) is 30.1 Å². The van der Waals surface area contributed by atoms with Gasteiger partial charge in [-0.3, -0.25) is 10.1 Å². The molecule has 0 amide bonds. The van der Waals surface area contributed by atoms with E-state index in [1.807, 2.05) is 17.9 Å². The summed E-state index contributed by atoms with van der Waals surface area (Å²) in [6.45, 7) is 3.19. The summed E-state index contributed by atoms with van der Waals surface area (Å²) in [5.74, 6) is 0.551. The first-order valence-electron chi connectivity index (χ1n) is 6.55. The molecule has 1 saturated carbocycles. The number of halogens is 1. The lowest BCUT2D eigenvalue weighted by Crippen LogP contribution is -2.33. The van der Waals surface area contributed by atoms with Crippen molar-refractivity contribution in [3.63, 3.8) is 0 Å². The molecule has 1 aromatic heterocycles. The van der Waals surface area contributed by atoms with Gasteiger partial charge in [0.05, 0.1) is 4.92 Å². The third-order valence-corrected chi connectivity index (χ3v) is 3.27. The van der Waals surface area contributed by atoms with Gasteiger partial charge in [0.2, 0.25) is 0 Å². The lowest BCUT2D eigenvalue weighted by molar-refractivity contribution is -0.404. The standard InChI is InChI=1S/C13H17ClN4O2/c1-2-17(8-10-3-6-12(14)15-7-10)13(9-18(19)20)16-11-4-5-11/h3,6-7,9,11,16H,2,4-5,8H2,1H3/b13-9+. The summed E-state index contributed by atoms with van der Waals surface area (Å²) >= 11 is 5.75. The highest BCUT2D eigenvalue weighted by Crippen LogP contribution is 2.22. The average Bonchev–Trinajstić information content (AvgIpc) is 3.21. The molecule has 0 saturated heterocycles. The van der Waals surface area contributed by atoms with E-state index < -0.39 is 4.92 Å². The van der Waals surface area contributed by atoms with Crippen molar-refractivity contribution in [1.29, 1.82) is 0 Å². The van der Waals surface area contributed by atoms with Gasteiger partial charge in [0.1, 0.15) is 5.15 Å². The van der Waals surface area contributed by atoms with Crippen molar-refractivity contribution < 1.29 is 4.92 Å². The van der Waals surface area contributed by atoms with E-state index in [4.69, 9.17) is 11.6 Å². The first kappa shape index (κ1) is 14.6. The van der Waals surface area contributed by atoms with E-state index in [-0.39, 0.29) is 0 Å². The van der Waals surface area contributed by atoms with Crippen molar-refractivity contribution >= 4 is 11.6 Å². The van der Waals surface area contributed by atoms with Crippen LogP contribution in [0.1, 0.15) is 25.3 Å². The molecule has 0 aliphatic heterocycles. The van der Waals surface area contributed by atoms with Crippen molar-refractivity contribution in [3.05, 3.63) is 51.2 Å². The third kappa shape index (κ3) is 4.38. The number of nitrogens with zero attached hydrogens (tertiary/aromatic N) is 3. The van der Waals surface area contributed by atoms with Crippen LogP contribution >= 0.6 is 11.6 Å². The summed E-state index contributed by atoms with van der Waals surface area (Å²) in [7, 11) is 0. The molecule has 1 fully saturated rings. The number of hydrogen-bond donors (Lipinski definition) is 1. The van der Waals surface area contributed by atoms with E-state index in [1.54, 1.807) is 12.3 Å². The van der Waals surface area contributed by atoms with Gasteiger partial charge in [0, 0.05) is 25.3 Å². The molecule has 0 spiro atoms. The Hall–Kier alpha value is -1.82. The molecule has 7 heteroatoms. The Morgan fingerprint density at radius 2 is 2.40 bits per heavy atom. The summed E-state index contributed by atoms with van der Waals surface area (Å²) in [5.41, 5.74) is 0.961. The van der Waals surface area contributed by atoms with Crippen LogP contribution in [0.15, 0.2) is 30.4 Å². The van der Waals surface area contributed by atoms with E-state index in [2.05, 4.69) is 10.3 Å². The van der Waals surface area contributed by atoms with Gasteiger partial charge in [0.25, 0.3) is 6.20 Å². The van der Waals surface area contributed by atoms with Crippen molar-refractivity contribution in [2.45, 2.75) is 32.4 Å². The van der Waals surface area contributed by atoms with Gasteiger partial charge >= 0.3 is 0 Å². The summed E-state index contributed by atoms with van der Waals surface area (Å²) < 4.78 is 0. The number of nitrogens with one attached hydrogen (secondary N) is 1. The van der Waals surface area contributed by atoms with Gasteiger partial charge in [-0.05, 0) is 31.4 Å². The average molecular weight is 297 g/mol. The topological polar surface area (TPSA) is 71.3 Å². The molecule has 6 nitrogen and oxygen atoms in total.